The lowest BCUT2D eigenvalue weighted by Crippen LogP contribution is -2.53. The molecule has 3 rings (SSSR count). The average molecular weight is 429 g/mol. The minimum absolute atomic E-state index is 0.0125. The fraction of sp³-hybridized carbons (Fsp3) is 0.278. The van der Waals surface area contributed by atoms with E-state index in [2.05, 4.69) is 5.32 Å². The van der Waals surface area contributed by atoms with E-state index in [1.54, 1.807) is 13.0 Å². The smallest absolute Gasteiger partial charge is 0.345 e. The fourth-order valence-electron chi connectivity index (χ4n) is 2.97. The van der Waals surface area contributed by atoms with Crippen LogP contribution in [-0.2, 0) is 26.1 Å². The molecule has 1 N–H and O–H groups in total. The van der Waals surface area contributed by atoms with Crippen LogP contribution in [0.4, 0.5) is 5.69 Å². The molecule has 0 radical (unpaired) electrons. The number of nitrogens with one attached hydrogen (secondary N) is 1. The number of anilines is 1. The zero-order valence-electron chi connectivity index (χ0n) is 14.7. The molecule has 1 aliphatic heterocycles. The summed E-state index contributed by atoms with van der Waals surface area (Å²) in [6.07, 6.45) is -1.22. The number of carbonyl (C=O) groups is 1. The average Bonchev–Trinajstić information content (AvgIpc) is 2.56. The van der Waals surface area contributed by atoms with Crippen LogP contribution in [0.3, 0.4) is 0 Å². The molecule has 0 fully saturated rings. The van der Waals surface area contributed by atoms with Gasteiger partial charge in [0.15, 0.2) is 6.17 Å². The Morgan fingerprint density at radius 2 is 2.00 bits per heavy atom. The molecule has 1 aliphatic rings. The minimum atomic E-state index is -4.07. The van der Waals surface area contributed by atoms with E-state index in [0.717, 1.165) is 15.4 Å². The summed E-state index contributed by atoms with van der Waals surface area (Å²) in [4.78, 5) is 12.4. The van der Waals surface area contributed by atoms with Gasteiger partial charge in [0.25, 0.3) is 0 Å². The zero-order chi connectivity index (χ0) is 19.8. The van der Waals surface area contributed by atoms with Crippen molar-refractivity contribution in [1.29, 1.82) is 0 Å². The summed E-state index contributed by atoms with van der Waals surface area (Å²) in [5.74, 6) is -0.699. The molecule has 1 unspecified atom stereocenters. The van der Waals surface area contributed by atoms with Crippen molar-refractivity contribution in [3.8, 4) is 0 Å². The highest BCUT2D eigenvalue weighted by atomic mass is 35.5. The molecule has 0 saturated heterocycles. The molecule has 0 amide bonds. The van der Waals surface area contributed by atoms with Gasteiger partial charge in [0.05, 0.1) is 17.3 Å². The second-order valence-corrected chi connectivity index (χ2v) is 8.77. The Morgan fingerprint density at radius 1 is 1.26 bits per heavy atom. The number of fused-ring (bicyclic) bond motifs is 1. The van der Waals surface area contributed by atoms with Gasteiger partial charge in [-0.3, -0.25) is 0 Å². The summed E-state index contributed by atoms with van der Waals surface area (Å²) in [5, 5.41) is 3.16. The molecule has 2 aromatic rings. The molecular weight excluding hydrogens is 411 g/mol. The normalized spacial score (nSPS) is 18.4. The van der Waals surface area contributed by atoms with Gasteiger partial charge in [-0.25, -0.2) is 13.2 Å². The van der Waals surface area contributed by atoms with Gasteiger partial charge in [-0.2, -0.15) is 4.31 Å². The van der Waals surface area contributed by atoms with Crippen LogP contribution in [0.15, 0.2) is 41.3 Å². The van der Waals surface area contributed by atoms with Gasteiger partial charge in [-0.05, 0) is 31.5 Å². The van der Waals surface area contributed by atoms with Crippen molar-refractivity contribution in [2.75, 3.05) is 11.9 Å². The number of halogens is 2. The second-order valence-electron chi connectivity index (χ2n) is 6.10. The van der Waals surface area contributed by atoms with Gasteiger partial charge in [0, 0.05) is 11.6 Å². The molecule has 27 heavy (non-hydrogen) atoms. The van der Waals surface area contributed by atoms with Crippen molar-refractivity contribution in [3.05, 3.63) is 57.6 Å². The molecule has 9 heteroatoms. The highest BCUT2D eigenvalue weighted by molar-refractivity contribution is 7.89. The summed E-state index contributed by atoms with van der Waals surface area (Å²) >= 11 is 12.2. The van der Waals surface area contributed by atoms with Gasteiger partial charge in [0.1, 0.15) is 4.90 Å². The van der Waals surface area contributed by atoms with Gasteiger partial charge in [0.2, 0.25) is 10.0 Å². The van der Waals surface area contributed by atoms with Crippen molar-refractivity contribution in [3.63, 3.8) is 0 Å². The first kappa shape index (κ1) is 19.9. The van der Waals surface area contributed by atoms with Crippen LogP contribution in [0.25, 0.3) is 0 Å². The lowest BCUT2D eigenvalue weighted by molar-refractivity contribution is -0.146. The molecular formula is C18H18Cl2N2O4S. The van der Waals surface area contributed by atoms with Crippen molar-refractivity contribution in [2.45, 2.75) is 31.5 Å². The monoisotopic (exact) mass is 428 g/mol. The number of ether oxygens (including phenoxy) is 1. The van der Waals surface area contributed by atoms with E-state index in [0.29, 0.717) is 0 Å². The second kappa shape index (κ2) is 7.67. The molecule has 1 heterocycles. The molecule has 144 valence electrons. The first-order valence-electron chi connectivity index (χ1n) is 8.23. The summed E-state index contributed by atoms with van der Waals surface area (Å²) in [7, 11) is -4.07. The Bertz CT molecular complexity index is 995. The van der Waals surface area contributed by atoms with E-state index in [1.807, 2.05) is 25.1 Å². The Balaban J connectivity index is 2.12. The van der Waals surface area contributed by atoms with Crippen molar-refractivity contribution in [1.82, 2.24) is 4.31 Å². The summed E-state index contributed by atoms with van der Waals surface area (Å²) in [6.45, 7) is 3.67. The SMILES string of the molecule is CCOC(=O)C1Nc2cc(Cl)cc(Cl)c2S(=O)(=O)N1Cc1cccc(C)c1. The standard InChI is InChI=1S/C18H18Cl2N2O4S/c1-3-26-18(23)17-21-15-9-13(19)8-14(20)16(15)27(24,25)22(17)10-12-6-4-5-11(2)7-12/h4-9,17,21H,3,10H2,1-2H3. The van der Waals surface area contributed by atoms with E-state index in [-0.39, 0.29) is 33.8 Å². The third kappa shape index (κ3) is 3.91. The molecule has 1 atom stereocenters. The predicted molar refractivity (Wildman–Crippen MR) is 104 cm³/mol. The first-order valence-corrected chi connectivity index (χ1v) is 10.4. The molecule has 0 aliphatic carbocycles. The van der Waals surface area contributed by atoms with Crippen LogP contribution in [0.2, 0.25) is 10.0 Å². The van der Waals surface area contributed by atoms with Gasteiger partial charge in [-0.15, -0.1) is 0 Å². The van der Waals surface area contributed by atoms with E-state index in [1.165, 1.54) is 12.1 Å². The number of hydrogen-bond acceptors (Lipinski definition) is 5. The molecule has 0 aromatic heterocycles. The number of aryl methyl sites for hydroxylation is 1. The minimum Gasteiger partial charge on any atom is -0.463 e. The number of benzene rings is 2. The first-order chi connectivity index (χ1) is 12.7. The van der Waals surface area contributed by atoms with Crippen LogP contribution in [0.1, 0.15) is 18.1 Å². The third-order valence-electron chi connectivity index (χ3n) is 4.09. The number of esters is 1. The lowest BCUT2D eigenvalue weighted by Gasteiger charge is -2.36. The fourth-order valence-corrected chi connectivity index (χ4v) is 5.43. The summed E-state index contributed by atoms with van der Waals surface area (Å²) in [6, 6.07) is 10.2. The zero-order valence-corrected chi connectivity index (χ0v) is 17.0. The van der Waals surface area contributed by atoms with Gasteiger partial charge < -0.3 is 10.1 Å². The predicted octanol–water partition coefficient (Wildman–Crippen LogP) is 3.81. The Morgan fingerprint density at radius 3 is 2.67 bits per heavy atom. The molecule has 6 nitrogen and oxygen atoms in total. The largest absolute Gasteiger partial charge is 0.463 e. The number of rotatable bonds is 4. The van der Waals surface area contributed by atoms with Gasteiger partial charge >= 0.3 is 5.97 Å². The van der Waals surface area contributed by atoms with E-state index < -0.39 is 22.2 Å². The Labute approximate surface area is 168 Å². The number of nitrogens with zero attached hydrogens (tertiary/aromatic N) is 1. The Kier molecular flexibility index (Phi) is 5.67. The maximum Gasteiger partial charge on any atom is 0.345 e. The van der Waals surface area contributed by atoms with Crippen LogP contribution < -0.4 is 5.32 Å². The van der Waals surface area contributed by atoms with Crippen molar-refractivity contribution >= 4 is 44.9 Å². The third-order valence-corrected chi connectivity index (χ3v) is 6.63. The summed E-state index contributed by atoms with van der Waals surface area (Å²) in [5.41, 5.74) is 1.89. The van der Waals surface area contributed by atoms with E-state index in [9.17, 15) is 13.2 Å². The lowest BCUT2D eigenvalue weighted by atomic mass is 10.1. The van der Waals surface area contributed by atoms with Crippen molar-refractivity contribution in [2.24, 2.45) is 0 Å². The maximum atomic E-state index is 13.3. The molecule has 2 aromatic carbocycles. The number of sulfonamides is 1. The number of carbonyl (C=O) groups excluding carboxylic acids is 1. The topological polar surface area (TPSA) is 75.7 Å². The van der Waals surface area contributed by atoms with E-state index >= 15 is 0 Å². The maximum absolute atomic E-state index is 13.3. The Hall–Kier alpha value is -1.80. The highest BCUT2D eigenvalue weighted by Gasteiger charge is 2.44. The van der Waals surface area contributed by atoms with Crippen LogP contribution in [-0.4, -0.2) is 31.5 Å². The van der Waals surface area contributed by atoms with Crippen LogP contribution >= 0.6 is 23.2 Å². The van der Waals surface area contributed by atoms with E-state index in [4.69, 9.17) is 27.9 Å². The highest BCUT2D eigenvalue weighted by Crippen LogP contribution is 2.40. The van der Waals surface area contributed by atoms with Crippen LogP contribution in [0.5, 0.6) is 0 Å². The molecule has 0 bridgehead atoms. The van der Waals surface area contributed by atoms with Gasteiger partial charge in [-0.1, -0.05) is 53.0 Å². The van der Waals surface area contributed by atoms with Crippen LogP contribution in [0, 0.1) is 6.92 Å². The summed E-state index contributed by atoms with van der Waals surface area (Å²) < 4.78 is 32.7. The van der Waals surface area contributed by atoms with Crippen molar-refractivity contribution < 1.29 is 17.9 Å². The molecule has 0 spiro atoms. The quantitative estimate of drug-likeness (QED) is 0.749. The molecule has 0 saturated carbocycles. The number of hydrogen-bond donors (Lipinski definition) is 1.